The molecule has 1 N–H and O–H groups in total. The Kier molecular flexibility index (Phi) is 3.74. The molecular weight excluding hydrogens is 192 g/mol. The van der Waals surface area contributed by atoms with Crippen LogP contribution in [0.3, 0.4) is 0 Å². The van der Waals surface area contributed by atoms with E-state index in [1.54, 1.807) is 0 Å². The molecule has 1 atom stereocenters. The van der Waals surface area contributed by atoms with Crippen molar-refractivity contribution in [2.24, 2.45) is 0 Å². The molecule has 4 nitrogen and oxygen atoms in total. The van der Waals surface area contributed by atoms with E-state index in [1.165, 1.54) is 0 Å². The molecule has 0 bridgehead atoms. The highest BCUT2D eigenvalue weighted by Crippen LogP contribution is 2.18. The van der Waals surface area contributed by atoms with Crippen molar-refractivity contribution in [1.29, 1.82) is 0 Å². The summed E-state index contributed by atoms with van der Waals surface area (Å²) in [6.07, 6.45) is 3.37. The zero-order chi connectivity index (χ0) is 11.6. The molecule has 0 fully saturated rings. The number of carboxylic acids is 1. The van der Waals surface area contributed by atoms with E-state index in [0.717, 1.165) is 0 Å². The maximum absolute atomic E-state index is 11.3. The van der Waals surface area contributed by atoms with Crippen LogP contribution in [0.4, 0.5) is 0 Å². The predicted molar refractivity (Wildman–Crippen MR) is 59.4 cm³/mol. The second kappa shape index (κ2) is 4.66. The Morgan fingerprint density at radius 2 is 1.93 bits per heavy atom. The van der Waals surface area contributed by atoms with Crippen LogP contribution in [0.1, 0.15) is 27.7 Å². The summed E-state index contributed by atoms with van der Waals surface area (Å²) >= 11 is 0. The van der Waals surface area contributed by atoms with Crippen LogP contribution in [0, 0.1) is 0 Å². The molecular formula is C11H20N2O2. The van der Waals surface area contributed by atoms with Crippen LogP contribution < -0.4 is 0 Å². The number of carbonyl (C=O) groups is 1. The van der Waals surface area contributed by atoms with Crippen LogP contribution in [0.2, 0.25) is 0 Å². The first-order valence-electron chi connectivity index (χ1n) is 5.37. The van der Waals surface area contributed by atoms with Crippen LogP contribution in [-0.2, 0) is 4.79 Å². The van der Waals surface area contributed by atoms with Gasteiger partial charge in [-0.05, 0) is 33.9 Å². The van der Waals surface area contributed by atoms with E-state index in [0.29, 0.717) is 6.54 Å². The molecule has 0 aromatic heterocycles. The third-order valence-electron chi connectivity index (χ3n) is 2.67. The van der Waals surface area contributed by atoms with Crippen molar-refractivity contribution in [1.82, 2.24) is 9.80 Å². The lowest BCUT2D eigenvalue weighted by Crippen LogP contribution is -2.57. The number of rotatable bonds is 3. The molecule has 1 aliphatic rings. The first-order chi connectivity index (χ1) is 6.95. The van der Waals surface area contributed by atoms with Crippen LogP contribution in [0.15, 0.2) is 12.3 Å². The van der Waals surface area contributed by atoms with Crippen molar-refractivity contribution < 1.29 is 9.90 Å². The number of carboxylic acid groups (broad SMARTS) is 1. The Labute approximate surface area is 91.2 Å². The lowest BCUT2D eigenvalue weighted by Gasteiger charge is -2.43. The molecule has 0 amide bonds. The van der Waals surface area contributed by atoms with Crippen molar-refractivity contribution in [3.05, 3.63) is 12.3 Å². The Balaban J connectivity index is 2.94. The molecule has 0 aromatic carbocycles. The summed E-state index contributed by atoms with van der Waals surface area (Å²) in [5.74, 6) is -0.776. The van der Waals surface area contributed by atoms with Gasteiger partial charge in [-0.2, -0.15) is 0 Å². The van der Waals surface area contributed by atoms with Crippen LogP contribution >= 0.6 is 0 Å². The normalized spacial score (nSPS) is 22.8. The molecule has 15 heavy (non-hydrogen) atoms. The van der Waals surface area contributed by atoms with Crippen molar-refractivity contribution in [2.45, 2.75) is 45.9 Å². The lowest BCUT2D eigenvalue weighted by atomic mass is 10.2. The van der Waals surface area contributed by atoms with Crippen molar-refractivity contribution >= 4 is 5.97 Å². The Bertz CT molecular complexity index is 261. The fraction of sp³-hybridized carbons (Fsp3) is 0.727. The van der Waals surface area contributed by atoms with Crippen LogP contribution in [-0.4, -0.2) is 45.7 Å². The minimum absolute atomic E-state index is 0.198. The monoisotopic (exact) mass is 212 g/mol. The molecule has 4 heteroatoms. The van der Waals surface area contributed by atoms with Gasteiger partial charge in [0, 0.05) is 18.6 Å². The van der Waals surface area contributed by atoms with Crippen molar-refractivity contribution in [3.63, 3.8) is 0 Å². The fourth-order valence-corrected chi connectivity index (χ4v) is 1.86. The lowest BCUT2D eigenvalue weighted by molar-refractivity contribution is -0.152. The molecule has 1 rings (SSSR count). The van der Waals surface area contributed by atoms with E-state index in [2.05, 4.69) is 0 Å². The zero-order valence-electron chi connectivity index (χ0n) is 9.84. The summed E-state index contributed by atoms with van der Waals surface area (Å²) in [4.78, 5) is 15.1. The van der Waals surface area contributed by atoms with Gasteiger partial charge < -0.3 is 10.0 Å². The Morgan fingerprint density at radius 3 is 2.33 bits per heavy atom. The highest BCUT2D eigenvalue weighted by atomic mass is 16.4. The molecule has 0 saturated carbocycles. The van der Waals surface area contributed by atoms with E-state index in [4.69, 9.17) is 0 Å². The number of hydrogen-bond donors (Lipinski definition) is 1. The Hall–Kier alpha value is -1.03. The summed E-state index contributed by atoms with van der Waals surface area (Å²) in [6, 6.07) is 0.432. The molecule has 0 saturated heterocycles. The van der Waals surface area contributed by atoms with E-state index < -0.39 is 12.1 Å². The third kappa shape index (κ3) is 2.50. The zero-order valence-corrected chi connectivity index (χ0v) is 9.84. The first-order valence-corrected chi connectivity index (χ1v) is 5.37. The van der Waals surface area contributed by atoms with Crippen molar-refractivity contribution in [2.75, 3.05) is 6.54 Å². The summed E-state index contributed by atoms with van der Waals surface area (Å²) in [5, 5.41) is 9.26. The summed E-state index contributed by atoms with van der Waals surface area (Å²) in [6.45, 7) is 8.76. The molecule has 0 spiro atoms. The van der Waals surface area contributed by atoms with E-state index in [9.17, 15) is 9.90 Å². The van der Waals surface area contributed by atoms with Gasteiger partial charge in [0.05, 0.1) is 0 Å². The van der Waals surface area contributed by atoms with Crippen molar-refractivity contribution in [3.8, 4) is 0 Å². The van der Waals surface area contributed by atoms with Crippen LogP contribution in [0.5, 0.6) is 0 Å². The maximum Gasteiger partial charge on any atom is 0.341 e. The van der Waals surface area contributed by atoms with Crippen LogP contribution in [0.25, 0.3) is 0 Å². The molecule has 0 radical (unpaired) electrons. The summed E-state index contributed by atoms with van der Waals surface area (Å²) < 4.78 is 0. The highest BCUT2D eigenvalue weighted by Gasteiger charge is 2.34. The molecule has 0 aromatic rings. The number of aliphatic carboxylic acids is 1. The first kappa shape index (κ1) is 12.0. The molecule has 86 valence electrons. The third-order valence-corrected chi connectivity index (χ3v) is 2.67. The molecule has 1 unspecified atom stereocenters. The molecule has 1 heterocycles. The Morgan fingerprint density at radius 1 is 1.33 bits per heavy atom. The average molecular weight is 212 g/mol. The molecule has 1 aliphatic heterocycles. The number of nitrogens with zero attached hydrogens (tertiary/aromatic N) is 2. The van der Waals surface area contributed by atoms with Gasteiger partial charge in [-0.1, -0.05) is 6.08 Å². The van der Waals surface area contributed by atoms with Gasteiger partial charge in [0.2, 0.25) is 0 Å². The molecule has 0 aliphatic carbocycles. The van der Waals surface area contributed by atoms with Gasteiger partial charge in [-0.15, -0.1) is 0 Å². The standard InChI is InChI=1S/C11H20N2O2/c1-8(2)12-6-5-7-13(9(3)4)10(12)11(14)15/h5-6,8-10H,7H2,1-4H3,(H,14,15). The number of hydrogen-bond acceptors (Lipinski definition) is 3. The van der Waals surface area contributed by atoms with Gasteiger partial charge in [-0.25, -0.2) is 4.79 Å². The topological polar surface area (TPSA) is 43.8 Å². The minimum atomic E-state index is -0.776. The van der Waals surface area contributed by atoms with Gasteiger partial charge in [0.1, 0.15) is 0 Å². The minimum Gasteiger partial charge on any atom is -0.479 e. The van der Waals surface area contributed by atoms with Gasteiger partial charge in [-0.3, -0.25) is 4.90 Å². The quantitative estimate of drug-likeness (QED) is 0.767. The SMILES string of the molecule is CC(C)N1C=CCN(C(C)C)C1C(=O)O. The second-order valence-corrected chi connectivity index (χ2v) is 4.43. The van der Waals surface area contributed by atoms with E-state index >= 15 is 0 Å². The fourth-order valence-electron chi connectivity index (χ4n) is 1.86. The van der Waals surface area contributed by atoms with Gasteiger partial charge in [0.15, 0.2) is 6.17 Å². The second-order valence-electron chi connectivity index (χ2n) is 4.43. The summed E-state index contributed by atoms with van der Waals surface area (Å²) in [5.41, 5.74) is 0. The summed E-state index contributed by atoms with van der Waals surface area (Å²) in [7, 11) is 0. The average Bonchev–Trinajstić information content (AvgIpc) is 2.16. The highest BCUT2D eigenvalue weighted by molar-refractivity contribution is 5.73. The van der Waals surface area contributed by atoms with E-state index in [1.807, 2.05) is 49.8 Å². The van der Waals surface area contributed by atoms with Gasteiger partial charge >= 0.3 is 5.97 Å². The maximum atomic E-state index is 11.3. The van der Waals surface area contributed by atoms with Gasteiger partial charge in [0.25, 0.3) is 0 Å². The largest absolute Gasteiger partial charge is 0.479 e. The predicted octanol–water partition coefficient (Wildman–Crippen LogP) is 1.35. The van der Waals surface area contributed by atoms with E-state index in [-0.39, 0.29) is 12.1 Å². The smallest absolute Gasteiger partial charge is 0.341 e.